The maximum Gasteiger partial charge on any atom is 0.364 e. The van der Waals surface area contributed by atoms with Crippen LogP contribution in [0.25, 0.3) is 0 Å². The van der Waals surface area contributed by atoms with Crippen LogP contribution in [0.1, 0.15) is 303 Å². The van der Waals surface area contributed by atoms with E-state index in [-0.39, 0.29) is 12.3 Å². The summed E-state index contributed by atoms with van der Waals surface area (Å²) in [5.74, 6) is -6.14. The second kappa shape index (κ2) is 57.2. The third kappa shape index (κ3) is 37.9. The molecule has 3 heterocycles. The minimum atomic E-state index is -3.08. The number of unbranched alkanes of at least 4 members (excludes halogenated alkanes) is 38. The summed E-state index contributed by atoms with van der Waals surface area (Å²) in [4.78, 5) is 38.6. The SMILES string of the molecule is CCCCCCCCCC/C=C/C(O)C(COC1OC(CO)C(OC2OC(CO)C(O)C(OC3(C(=O)O)CC(O)C(NC(C)=O)C(C(O)C(O)CO)O3)C2O)C(O)C1O)NC(=O)CCCCCCCCCCCCCCCCCCC/C=C\C/C=C\CCCCCCCCCCCCCCC. The number of carboxylic acid groups (broad SMARTS) is 1. The molecule has 0 aromatic rings. The van der Waals surface area contributed by atoms with Gasteiger partial charge in [-0.15, -0.1) is 0 Å². The van der Waals surface area contributed by atoms with Crippen LogP contribution >= 0.6 is 0 Å². The molecule has 3 aliphatic heterocycles. The van der Waals surface area contributed by atoms with Crippen LogP contribution in [0.3, 0.4) is 0 Å². The molecule has 18 unspecified atom stereocenters. The lowest BCUT2D eigenvalue weighted by Gasteiger charge is -2.50. The topological polar surface area (TPSA) is 373 Å². The van der Waals surface area contributed by atoms with Crippen molar-refractivity contribution in [1.82, 2.24) is 10.6 Å². The van der Waals surface area contributed by atoms with Crippen molar-refractivity contribution in [1.29, 1.82) is 0 Å². The number of aliphatic carboxylic acids is 1. The zero-order valence-electron chi connectivity index (χ0n) is 62.3. The van der Waals surface area contributed by atoms with Gasteiger partial charge in [0.15, 0.2) is 12.6 Å². The molecule has 23 nitrogen and oxygen atoms in total. The minimum Gasteiger partial charge on any atom is -0.477 e. The molecular weight excluding hydrogens is 1300 g/mol. The highest BCUT2D eigenvalue weighted by molar-refractivity contribution is 5.77. The fraction of sp³-hybridized carbons (Fsp3) is 0.885. The summed E-state index contributed by atoms with van der Waals surface area (Å²) in [6, 6.07) is -2.62. The molecule has 14 N–H and O–H groups in total. The molecule has 3 fully saturated rings. The lowest BCUT2D eigenvalue weighted by Crippen LogP contribution is -2.70. The van der Waals surface area contributed by atoms with Crippen molar-refractivity contribution in [3.05, 3.63) is 36.5 Å². The number of amides is 2. The summed E-state index contributed by atoms with van der Waals surface area (Å²) in [5.41, 5.74) is 0. The first-order valence-corrected chi connectivity index (χ1v) is 39.9. The number of rotatable bonds is 62. The third-order valence-corrected chi connectivity index (χ3v) is 20.1. The molecule has 3 rings (SSSR count). The average Bonchev–Trinajstić information content (AvgIpc) is 0.756. The van der Waals surface area contributed by atoms with E-state index in [2.05, 4.69) is 48.8 Å². The van der Waals surface area contributed by atoms with Gasteiger partial charge < -0.3 is 100 Å². The smallest absolute Gasteiger partial charge is 0.364 e. The Morgan fingerprint density at radius 1 is 0.525 bits per heavy atom. The normalized spacial score (nSPS) is 27.0. The summed E-state index contributed by atoms with van der Waals surface area (Å²) in [6.45, 7) is 2.12. The molecule has 3 saturated heterocycles. The van der Waals surface area contributed by atoms with E-state index in [1.165, 1.54) is 205 Å². The summed E-state index contributed by atoms with van der Waals surface area (Å²) in [5, 5.41) is 136. The van der Waals surface area contributed by atoms with Gasteiger partial charge in [0, 0.05) is 19.8 Å². The molecule has 2 amide bonds. The molecule has 590 valence electrons. The van der Waals surface area contributed by atoms with Crippen LogP contribution in [0, 0.1) is 0 Å². The van der Waals surface area contributed by atoms with Crippen LogP contribution in [0.4, 0.5) is 0 Å². The second-order valence-corrected chi connectivity index (χ2v) is 28.9. The lowest BCUT2D eigenvalue weighted by atomic mass is 9.88. The van der Waals surface area contributed by atoms with Crippen molar-refractivity contribution in [3.63, 3.8) is 0 Å². The molecule has 0 aromatic heterocycles. The van der Waals surface area contributed by atoms with Crippen molar-refractivity contribution >= 4 is 17.8 Å². The standard InChI is InChI=1S/C78H142N2O21/c1-4-6-8-10-12-14-16-17-18-19-20-21-22-23-24-25-26-27-28-29-30-31-32-33-34-35-36-37-38-39-40-41-42-44-46-48-50-52-65(88)80-59(60(85)51-49-47-45-43-15-13-11-9-7-5-2)57-96-75-70(92)69(91)72(64(56-83)98-75)99-76-71(93)74(68(90)63(55-82)97-76)101-78(77(94)95)53-61(86)66(79-58(3)84)73(100-78)67(89)62(87)54-81/h24-25,27-28,49,51,59-64,66-76,81-83,85-87,89-93H,4-23,26,29-48,50,52-57H2,1-3H3,(H,79,84)(H,80,88)(H,94,95)/b25-24-,28-27-,51-49+. The first-order valence-electron chi connectivity index (χ1n) is 39.9. The van der Waals surface area contributed by atoms with E-state index in [0.29, 0.717) is 12.8 Å². The van der Waals surface area contributed by atoms with E-state index in [4.69, 9.17) is 28.4 Å². The number of aliphatic hydroxyl groups excluding tert-OH is 11. The van der Waals surface area contributed by atoms with Crippen LogP contribution in [0.5, 0.6) is 0 Å². The number of carboxylic acids is 1. The van der Waals surface area contributed by atoms with E-state index in [0.717, 1.165) is 58.3 Å². The molecule has 0 saturated carbocycles. The van der Waals surface area contributed by atoms with Crippen molar-refractivity contribution in [2.75, 3.05) is 26.4 Å². The summed E-state index contributed by atoms with van der Waals surface area (Å²) in [6.07, 6.45) is 35.3. The van der Waals surface area contributed by atoms with Gasteiger partial charge in [-0.2, -0.15) is 0 Å². The highest BCUT2D eigenvalue weighted by Crippen LogP contribution is 2.39. The number of aliphatic hydroxyl groups is 11. The minimum absolute atomic E-state index is 0.201. The van der Waals surface area contributed by atoms with Crippen molar-refractivity contribution < 1.29 is 104 Å². The fourth-order valence-corrected chi connectivity index (χ4v) is 13.7. The second-order valence-electron chi connectivity index (χ2n) is 28.9. The van der Waals surface area contributed by atoms with E-state index in [1.807, 2.05) is 6.08 Å². The molecule has 23 heteroatoms. The summed E-state index contributed by atoms with van der Waals surface area (Å²) >= 11 is 0. The van der Waals surface area contributed by atoms with Crippen LogP contribution in [0.2, 0.25) is 0 Å². The van der Waals surface area contributed by atoms with Gasteiger partial charge in [0.1, 0.15) is 67.1 Å². The molecular formula is C78H142N2O21. The Morgan fingerprint density at radius 2 is 0.960 bits per heavy atom. The number of allylic oxidation sites excluding steroid dienone is 5. The monoisotopic (exact) mass is 1440 g/mol. The van der Waals surface area contributed by atoms with Gasteiger partial charge in [0.2, 0.25) is 11.8 Å². The first kappa shape index (κ1) is 92.2. The number of hydrogen-bond donors (Lipinski definition) is 14. The Kier molecular flexibility index (Phi) is 52.2. The molecule has 18 atom stereocenters. The Labute approximate surface area is 606 Å². The van der Waals surface area contributed by atoms with Crippen LogP contribution in [-0.2, 0) is 42.8 Å². The van der Waals surface area contributed by atoms with E-state index in [1.54, 1.807) is 6.08 Å². The molecule has 0 bridgehead atoms. The molecule has 0 aromatic carbocycles. The van der Waals surface area contributed by atoms with Crippen molar-refractivity contribution in [2.45, 2.75) is 413 Å². The zero-order chi connectivity index (χ0) is 73.9. The van der Waals surface area contributed by atoms with Gasteiger partial charge in [0.25, 0.3) is 5.79 Å². The van der Waals surface area contributed by atoms with Crippen LogP contribution in [0.15, 0.2) is 36.5 Å². The van der Waals surface area contributed by atoms with Gasteiger partial charge in [-0.1, -0.05) is 269 Å². The van der Waals surface area contributed by atoms with Crippen molar-refractivity contribution in [2.24, 2.45) is 0 Å². The van der Waals surface area contributed by atoms with Crippen molar-refractivity contribution in [3.8, 4) is 0 Å². The zero-order valence-corrected chi connectivity index (χ0v) is 62.3. The average molecular weight is 1440 g/mol. The number of hydrogen-bond acceptors (Lipinski definition) is 20. The Hall–Kier alpha value is -3.05. The maximum atomic E-state index is 13.5. The highest BCUT2D eigenvalue weighted by Gasteiger charge is 2.60. The van der Waals surface area contributed by atoms with Gasteiger partial charge in [-0.05, 0) is 51.4 Å². The molecule has 0 spiro atoms. The maximum absolute atomic E-state index is 13.5. The van der Waals surface area contributed by atoms with E-state index < -0.39 is 155 Å². The number of carbonyl (C=O) groups is 3. The first-order chi connectivity index (χ1) is 48.9. The Balaban J connectivity index is 1.39. The van der Waals surface area contributed by atoms with Crippen LogP contribution in [-0.4, -0.2) is 215 Å². The molecule has 0 radical (unpaired) electrons. The fourth-order valence-electron chi connectivity index (χ4n) is 13.7. The number of nitrogens with one attached hydrogen (secondary N) is 2. The van der Waals surface area contributed by atoms with E-state index >= 15 is 0 Å². The Morgan fingerprint density at radius 3 is 1.40 bits per heavy atom. The van der Waals surface area contributed by atoms with Gasteiger partial charge >= 0.3 is 5.97 Å². The molecule has 3 aliphatic rings. The van der Waals surface area contributed by atoms with E-state index in [9.17, 15) is 75.7 Å². The summed E-state index contributed by atoms with van der Waals surface area (Å²) in [7, 11) is 0. The van der Waals surface area contributed by atoms with Gasteiger partial charge in [-0.3, -0.25) is 9.59 Å². The quantitative estimate of drug-likeness (QED) is 0.0199. The Bertz CT molecular complexity index is 2160. The van der Waals surface area contributed by atoms with Gasteiger partial charge in [-0.25, -0.2) is 4.79 Å². The highest BCUT2D eigenvalue weighted by atomic mass is 16.8. The number of ether oxygens (including phenoxy) is 6. The molecule has 101 heavy (non-hydrogen) atoms. The third-order valence-electron chi connectivity index (χ3n) is 20.1. The number of carbonyl (C=O) groups excluding carboxylic acids is 2. The predicted molar refractivity (Wildman–Crippen MR) is 389 cm³/mol. The lowest BCUT2D eigenvalue weighted by molar-refractivity contribution is -0.386. The molecule has 0 aliphatic carbocycles. The predicted octanol–water partition coefficient (Wildman–Crippen LogP) is 10.1. The van der Waals surface area contributed by atoms with Gasteiger partial charge in [0.05, 0.1) is 50.7 Å². The van der Waals surface area contributed by atoms with Crippen LogP contribution < -0.4 is 10.6 Å². The largest absolute Gasteiger partial charge is 0.477 e. The summed E-state index contributed by atoms with van der Waals surface area (Å²) < 4.78 is 34.8.